The number of rotatable bonds is 5. The number of nitrogens with one attached hydrogen (secondary N) is 1. The van der Waals surface area contributed by atoms with E-state index in [1.807, 2.05) is 49.4 Å². The fraction of sp³-hybridized carbons (Fsp3) is 0.0800. The van der Waals surface area contributed by atoms with E-state index in [0.717, 1.165) is 0 Å². The SMILES string of the molecule is CC(Nc1ncnc2cccnc12)c1cc2cccc(C(=O)O)c2c(=O)n1-c1ccccc1. The first kappa shape index (κ1) is 20.3. The number of pyridine rings is 2. The lowest BCUT2D eigenvalue weighted by molar-refractivity contribution is 0.0699. The van der Waals surface area contributed by atoms with Crippen molar-refractivity contribution in [2.75, 3.05) is 5.32 Å². The van der Waals surface area contributed by atoms with Crippen LogP contribution >= 0.6 is 0 Å². The zero-order chi connectivity index (χ0) is 22.9. The van der Waals surface area contributed by atoms with E-state index >= 15 is 0 Å². The molecule has 8 heteroatoms. The highest BCUT2D eigenvalue weighted by atomic mass is 16.4. The smallest absolute Gasteiger partial charge is 0.336 e. The fourth-order valence-electron chi connectivity index (χ4n) is 4.00. The highest BCUT2D eigenvalue weighted by Crippen LogP contribution is 2.27. The number of nitrogens with zero attached hydrogens (tertiary/aromatic N) is 4. The van der Waals surface area contributed by atoms with Gasteiger partial charge in [0, 0.05) is 17.6 Å². The van der Waals surface area contributed by atoms with Gasteiger partial charge in [-0.25, -0.2) is 14.8 Å². The molecule has 0 spiro atoms. The summed E-state index contributed by atoms with van der Waals surface area (Å²) in [6.45, 7) is 1.91. The number of aromatic carboxylic acids is 1. The van der Waals surface area contributed by atoms with E-state index in [4.69, 9.17) is 0 Å². The summed E-state index contributed by atoms with van der Waals surface area (Å²) < 4.78 is 1.54. The Bertz CT molecular complexity index is 1560. The minimum atomic E-state index is -1.14. The maximum atomic E-state index is 13.7. The van der Waals surface area contributed by atoms with Gasteiger partial charge in [0.25, 0.3) is 5.56 Å². The first-order valence-corrected chi connectivity index (χ1v) is 10.3. The third-order valence-corrected chi connectivity index (χ3v) is 5.51. The van der Waals surface area contributed by atoms with Crippen LogP contribution in [0.1, 0.15) is 29.0 Å². The Labute approximate surface area is 188 Å². The summed E-state index contributed by atoms with van der Waals surface area (Å²) in [6, 6.07) is 19.1. The second kappa shape index (κ2) is 8.16. The summed E-state index contributed by atoms with van der Waals surface area (Å²) in [6.07, 6.45) is 3.13. The number of fused-ring (bicyclic) bond motifs is 2. The van der Waals surface area contributed by atoms with Crippen molar-refractivity contribution < 1.29 is 9.90 Å². The molecule has 0 amide bonds. The van der Waals surface area contributed by atoms with Crippen molar-refractivity contribution in [3.63, 3.8) is 0 Å². The number of para-hydroxylation sites is 1. The number of carboxylic acids is 1. The molecule has 0 saturated carbocycles. The van der Waals surface area contributed by atoms with E-state index in [9.17, 15) is 14.7 Å². The van der Waals surface area contributed by atoms with Crippen LogP contribution < -0.4 is 10.9 Å². The molecule has 2 aromatic carbocycles. The lowest BCUT2D eigenvalue weighted by Crippen LogP contribution is -2.26. The van der Waals surface area contributed by atoms with Crippen LogP contribution in [0.2, 0.25) is 0 Å². The molecule has 5 rings (SSSR count). The van der Waals surface area contributed by atoms with Crippen LogP contribution in [-0.4, -0.2) is 30.6 Å². The highest BCUT2D eigenvalue weighted by molar-refractivity contribution is 6.03. The van der Waals surface area contributed by atoms with Gasteiger partial charge in [-0.3, -0.25) is 14.3 Å². The van der Waals surface area contributed by atoms with Gasteiger partial charge >= 0.3 is 5.97 Å². The van der Waals surface area contributed by atoms with Crippen molar-refractivity contribution in [1.82, 2.24) is 19.5 Å². The normalized spacial score (nSPS) is 12.0. The summed E-state index contributed by atoms with van der Waals surface area (Å²) in [5, 5.41) is 13.7. The van der Waals surface area contributed by atoms with Gasteiger partial charge in [-0.05, 0) is 48.7 Å². The average Bonchev–Trinajstić information content (AvgIpc) is 2.84. The van der Waals surface area contributed by atoms with E-state index in [1.165, 1.54) is 12.4 Å². The molecule has 8 nitrogen and oxygen atoms in total. The van der Waals surface area contributed by atoms with Crippen LogP contribution in [0.4, 0.5) is 5.82 Å². The molecule has 0 fully saturated rings. The number of hydrogen-bond acceptors (Lipinski definition) is 6. The van der Waals surface area contributed by atoms with E-state index in [1.54, 1.807) is 29.0 Å². The second-order valence-electron chi connectivity index (χ2n) is 7.58. The minimum absolute atomic E-state index is 0.0275. The Balaban J connectivity index is 1.73. The largest absolute Gasteiger partial charge is 0.478 e. The summed E-state index contributed by atoms with van der Waals surface area (Å²) in [5.74, 6) is -0.602. The van der Waals surface area contributed by atoms with Gasteiger partial charge in [0.2, 0.25) is 0 Å². The van der Waals surface area contributed by atoms with Crippen LogP contribution in [0.5, 0.6) is 0 Å². The lowest BCUT2D eigenvalue weighted by Gasteiger charge is -2.22. The zero-order valence-corrected chi connectivity index (χ0v) is 17.6. The second-order valence-corrected chi connectivity index (χ2v) is 7.58. The van der Waals surface area contributed by atoms with Crippen molar-refractivity contribution in [3.05, 3.63) is 101 Å². The number of anilines is 1. The summed E-state index contributed by atoms with van der Waals surface area (Å²) in [7, 11) is 0. The Kier molecular flexibility index (Phi) is 5.02. The maximum absolute atomic E-state index is 13.7. The van der Waals surface area contributed by atoms with Crippen LogP contribution in [0.15, 0.2) is 84.0 Å². The first-order chi connectivity index (χ1) is 16.0. The number of carboxylic acid groups (broad SMARTS) is 1. The number of carbonyl (C=O) groups is 1. The molecule has 0 aliphatic heterocycles. The monoisotopic (exact) mass is 437 g/mol. The fourth-order valence-corrected chi connectivity index (χ4v) is 4.00. The third-order valence-electron chi connectivity index (χ3n) is 5.51. The molecule has 0 radical (unpaired) electrons. The molecule has 5 aromatic rings. The molecule has 0 bridgehead atoms. The van der Waals surface area contributed by atoms with Crippen molar-refractivity contribution in [2.45, 2.75) is 13.0 Å². The van der Waals surface area contributed by atoms with E-state index in [0.29, 0.717) is 33.6 Å². The molecule has 1 unspecified atom stereocenters. The molecule has 33 heavy (non-hydrogen) atoms. The molecule has 1 atom stereocenters. The Morgan fingerprint density at radius 3 is 2.61 bits per heavy atom. The van der Waals surface area contributed by atoms with Gasteiger partial charge < -0.3 is 10.4 Å². The molecule has 0 aliphatic rings. The van der Waals surface area contributed by atoms with Gasteiger partial charge in [-0.1, -0.05) is 30.3 Å². The Morgan fingerprint density at radius 1 is 1.00 bits per heavy atom. The Hall–Kier alpha value is -4.59. The Morgan fingerprint density at radius 2 is 1.82 bits per heavy atom. The molecule has 3 heterocycles. The molecule has 2 N–H and O–H groups in total. The summed E-state index contributed by atoms with van der Waals surface area (Å²) in [5.41, 5.74) is 2.19. The third kappa shape index (κ3) is 3.57. The molecular formula is C25H19N5O3. The first-order valence-electron chi connectivity index (χ1n) is 10.3. The topological polar surface area (TPSA) is 110 Å². The molecule has 0 aliphatic carbocycles. The van der Waals surface area contributed by atoms with E-state index in [2.05, 4.69) is 20.3 Å². The van der Waals surface area contributed by atoms with Crippen LogP contribution in [0.3, 0.4) is 0 Å². The predicted octanol–water partition coefficient (Wildman–Crippen LogP) is 4.20. The van der Waals surface area contributed by atoms with Crippen molar-refractivity contribution >= 4 is 33.6 Å². The van der Waals surface area contributed by atoms with Gasteiger partial charge in [-0.15, -0.1) is 0 Å². The summed E-state index contributed by atoms with van der Waals surface area (Å²) in [4.78, 5) is 38.5. The van der Waals surface area contributed by atoms with E-state index in [-0.39, 0.29) is 17.0 Å². The number of benzene rings is 2. The van der Waals surface area contributed by atoms with Crippen molar-refractivity contribution in [3.8, 4) is 5.69 Å². The molecule has 162 valence electrons. The van der Waals surface area contributed by atoms with Gasteiger partial charge in [0.15, 0.2) is 5.82 Å². The summed E-state index contributed by atoms with van der Waals surface area (Å²) >= 11 is 0. The van der Waals surface area contributed by atoms with Crippen LogP contribution in [0, 0.1) is 0 Å². The number of aromatic nitrogens is 4. The maximum Gasteiger partial charge on any atom is 0.336 e. The van der Waals surface area contributed by atoms with Crippen molar-refractivity contribution in [1.29, 1.82) is 0 Å². The number of hydrogen-bond donors (Lipinski definition) is 2. The molecule has 3 aromatic heterocycles. The molecule has 0 saturated heterocycles. The quantitative estimate of drug-likeness (QED) is 0.424. The van der Waals surface area contributed by atoms with Crippen LogP contribution in [0.25, 0.3) is 27.5 Å². The zero-order valence-electron chi connectivity index (χ0n) is 17.6. The minimum Gasteiger partial charge on any atom is -0.478 e. The van der Waals surface area contributed by atoms with Crippen LogP contribution in [-0.2, 0) is 0 Å². The van der Waals surface area contributed by atoms with Gasteiger partial charge in [0.05, 0.1) is 22.5 Å². The standard InChI is InChI=1S/C25H19N5O3/c1-15(29-23-22-19(27-14-28-23)11-6-12-26-22)20-13-16-7-5-10-18(25(32)33)21(16)24(31)30(20)17-8-3-2-4-9-17/h2-15H,1H3,(H,32,33)(H,27,28,29). The van der Waals surface area contributed by atoms with Gasteiger partial charge in [0.1, 0.15) is 11.8 Å². The van der Waals surface area contributed by atoms with Crippen molar-refractivity contribution in [2.24, 2.45) is 0 Å². The van der Waals surface area contributed by atoms with E-state index < -0.39 is 11.5 Å². The lowest BCUT2D eigenvalue weighted by atomic mass is 10.0. The average molecular weight is 437 g/mol. The highest BCUT2D eigenvalue weighted by Gasteiger charge is 2.20. The predicted molar refractivity (Wildman–Crippen MR) is 126 cm³/mol. The van der Waals surface area contributed by atoms with Gasteiger partial charge in [-0.2, -0.15) is 0 Å². The molecular weight excluding hydrogens is 418 g/mol.